The van der Waals surface area contributed by atoms with Gasteiger partial charge in [0.05, 0.1) is 0 Å². The number of hydrogen-bond acceptors (Lipinski definition) is 5. The highest BCUT2D eigenvalue weighted by atomic mass is 16.2. The monoisotopic (exact) mass is 348 g/mol. The number of nitrogens with zero attached hydrogens (tertiary/aromatic N) is 6. The fourth-order valence-corrected chi connectivity index (χ4v) is 3.62. The molecule has 1 saturated heterocycles. The molecular formula is C19H20N6O. The van der Waals surface area contributed by atoms with Gasteiger partial charge in [-0.05, 0) is 18.4 Å². The minimum absolute atomic E-state index is 0.282. The summed E-state index contributed by atoms with van der Waals surface area (Å²) in [6.07, 6.45) is 5.52. The van der Waals surface area contributed by atoms with E-state index in [1.165, 1.54) is 6.33 Å². The van der Waals surface area contributed by atoms with Crippen LogP contribution in [0.2, 0.25) is 0 Å². The van der Waals surface area contributed by atoms with Gasteiger partial charge in [-0.25, -0.2) is 4.98 Å². The smallest absolute Gasteiger partial charge is 0.254 e. The highest BCUT2D eigenvalue weighted by Crippen LogP contribution is 2.33. The van der Waals surface area contributed by atoms with E-state index in [1.807, 2.05) is 29.3 Å². The number of piperazine rings is 1. The molecule has 7 nitrogen and oxygen atoms in total. The van der Waals surface area contributed by atoms with Crippen LogP contribution in [0.3, 0.4) is 0 Å². The van der Waals surface area contributed by atoms with Gasteiger partial charge in [0.15, 0.2) is 0 Å². The molecule has 0 spiro atoms. The molecule has 3 heterocycles. The molecule has 0 unspecified atom stereocenters. The van der Waals surface area contributed by atoms with Crippen molar-refractivity contribution in [3.8, 4) is 11.1 Å². The van der Waals surface area contributed by atoms with Crippen molar-refractivity contribution in [1.29, 1.82) is 0 Å². The predicted octanol–water partition coefficient (Wildman–Crippen LogP) is 1.85. The van der Waals surface area contributed by atoms with Gasteiger partial charge < -0.3 is 9.80 Å². The van der Waals surface area contributed by atoms with Gasteiger partial charge in [-0.1, -0.05) is 30.3 Å². The third kappa shape index (κ3) is 2.60. The van der Waals surface area contributed by atoms with E-state index in [-0.39, 0.29) is 5.92 Å². The first kappa shape index (κ1) is 15.3. The summed E-state index contributed by atoms with van der Waals surface area (Å²) in [5, 5.41) is 4.39. The van der Waals surface area contributed by atoms with Gasteiger partial charge in [0, 0.05) is 43.9 Å². The molecule has 132 valence electrons. The van der Waals surface area contributed by atoms with Crippen LogP contribution in [-0.4, -0.2) is 56.6 Å². The van der Waals surface area contributed by atoms with Crippen molar-refractivity contribution in [3.63, 3.8) is 0 Å². The molecule has 0 radical (unpaired) electrons. The molecule has 3 aromatic rings. The van der Waals surface area contributed by atoms with Crippen LogP contribution >= 0.6 is 0 Å². The number of benzene rings is 1. The standard InChI is InChI=1S/C19H20N6O/c26-18(15-6-7-15)24-10-8-23(9-11-24)17-16(14-4-2-1-3-5-14)12-20-19-21-13-22-25(17)19/h1-5,12-13,15H,6-11H2. The number of rotatable bonds is 3. The largest absolute Gasteiger partial charge is 0.352 e. The topological polar surface area (TPSA) is 66.6 Å². The maximum atomic E-state index is 12.3. The summed E-state index contributed by atoms with van der Waals surface area (Å²) >= 11 is 0. The molecule has 0 atom stereocenters. The molecule has 26 heavy (non-hydrogen) atoms. The molecule has 0 bridgehead atoms. The summed E-state index contributed by atoms with van der Waals surface area (Å²) in [4.78, 5) is 25.3. The SMILES string of the molecule is O=C(C1CC1)N1CCN(c2c(-c3ccccc3)cnc3ncnn23)CC1. The zero-order valence-electron chi connectivity index (χ0n) is 14.5. The van der Waals surface area contributed by atoms with Crippen molar-refractivity contribution < 1.29 is 4.79 Å². The van der Waals surface area contributed by atoms with Gasteiger partial charge in [-0.3, -0.25) is 4.79 Å². The molecule has 2 aromatic heterocycles. The molecule has 0 N–H and O–H groups in total. The maximum Gasteiger partial charge on any atom is 0.254 e. The van der Waals surface area contributed by atoms with Crippen LogP contribution in [-0.2, 0) is 4.79 Å². The Morgan fingerprint density at radius 1 is 1.00 bits per heavy atom. The Morgan fingerprint density at radius 2 is 1.77 bits per heavy atom. The first-order valence-electron chi connectivity index (χ1n) is 9.09. The van der Waals surface area contributed by atoms with Gasteiger partial charge in [-0.2, -0.15) is 14.6 Å². The minimum Gasteiger partial charge on any atom is -0.352 e. The predicted molar refractivity (Wildman–Crippen MR) is 97.7 cm³/mol. The van der Waals surface area contributed by atoms with Crippen LogP contribution in [0.5, 0.6) is 0 Å². The second-order valence-corrected chi connectivity index (χ2v) is 6.92. The van der Waals surface area contributed by atoms with Gasteiger partial charge >= 0.3 is 0 Å². The summed E-state index contributed by atoms with van der Waals surface area (Å²) in [6.45, 7) is 3.08. The Morgan fingerprint density at radius 3 is 2.50 bits per heavy atom. The maximum absolute atomic E-state index is 12.3. The third-order valence-corrected chi connectivity index (χ3v) is 5.18. The van der Waals surface area contributed by atoms with E-state index in [0.717, 1.165) is 56.0 Å². The second-order valence-electron chi connectivity index (χ2n) is 6.92. The molecule has 1 aliphatic carbocycles. The summed E-state index contributed by atoms with van der Waals surface area (Å²) in [5.41, 5.74) is 2.13. The average Bonchev–Trinajstić information content (AvgIpc) is 3.44. The molecule has 1 amide bonds. The van der Waals surface area contributed by atoms with Crippen molar-refractivity contribution in [3.05, 3.63) is 42.9 Å². The summed E-state index contributed by atoms with van der Waals surface area (Å²) < 4.78 is 1.81. The van der Waals surface area contributed by atoms with E-state index in [4.69, 9.17) is 0 Å². The lowest BCUT2D eigenvalue weighted by Gasteiger charge is -2.36. The van der Waals surface area contributed by atoms with E-state index in [9.17, 15) is 4.79 Å². The van der Waals surface area contributed by atoms with Crippen molar-refractivity contribution in [1.82, 2.24) is 24.5 Å². The minimum atomic E-state index is 0.282. The Balaban J connectivity index is 1.50. The lowest BCUT2D eigenvalue weighted by atomic mass is 10.1. The molecule has 1 aliphatic heterocycles. The first-order valence-corrected chi connectivity index (χ1v) is 9.09. The van der Waals surface area contributed by atoms with Crippen LogP contribution in [0.1, 0.15) is 12.8 Å². The molecule has 7 heteroatoms. The normalized spacial score (nSPS) is 17.7. The Hall–Kier alpha value is -2.96. The van der Waals surface area contributed by atoms with Gasteiger partial charge in [0.25, 0.3) is 5.78 Å². The van der Waals surface area contributed by atoms with Crippen molar-refractivity contribution in [2.45, 2.75) is 12.8 Å². The fraction of sp³-hybridized carbons (Fsp3) is 0.368. The summed E-state index contributed by atoms with van der Waals surface area (Å²) in [6, 6.07) is 10.2. The Labute approximate surface area is 151 Å². The zero-order valence-corrected chi connectivity index (χ0v) is 14.5. The van der Waals surface area contributed by atoms with E-state index < -0.39 is 0 Å². The lowest BCUT2D eigenvalue weighted by Crippen LogP contribution is -2.49. The number of fused-ring (bicyclic) bond motifs is 1. The Kier molecular flexibility index (Phi) is 3.58. The van der Waals surface area contributed by atoms with E-state index >= 15 is 0 Å². The highest BCUT2D eigenvalue weighted by Gasteiger charge is 2.35. The highest BCUT2D eigenvalue weighted by molar-refractivity contribution is 5.82. The quantitative estimate of drug-likeness (QED) is 0.723. The fourth-order valence-electron chi connectivity index (χ4n) is 3.62. The lowest BCUT2D eigenvalue weighted by molar-refractivity contribution is -0.132. The van der Waals surface area contributed by atoms with E-state index in [1.54, 1.807) is 4.52 Å². The molecule has 1 aromatic carbocycles. The second kappa shape index (κ2) is 6.09. The zero-order chi connectivity index (χ0) is 17.5. The molecule has 2 aliphatic rings. The van der Waals surface area contributed by atoms with Gasteiger partial charge in [-0.15, -0.1) is 0 Å². The molecule has 5 rings (SSSR count). The van der Waals surface area contributed by atoms with Crippen LogP contribution < -0.4 is 4.90 Å². The van der Waals surface area contributed by atoms with Crippen molar-refractivity contribution in [2.24, 2.45) is 5.92 Å². The van der Waals surface area contributed by atoms with Crippen LogP contribution in [0.4, 0.5) is 5.82 Å². The summed E-state index contributed by atoms with van der Waals surface area (Å²) in [7, 11) is 0. The molecular weight excluding hydrogens is 328 g/mol. The first-order chi connectivity index (χ1) is 12.8. The van der Waals surface area contributed by atoms with Gasteiger partial charge in [0.2, 0.25) is 5.91 Å². The third-order valence-electron chi connectivity index (χ3n) is 5.18. The number of amides is 1. The molecule has 2 fully saturated rings. The number of carbonyl (C=O) groups is 1. The van der Waals surface area contributed by atoms with Crippen molar-refractivity contribution in [2.75, 3.05) is 31.1 Å². The van der Waals surface area contributed by atoms with Crippen LogP contribution in [0, 0.1) is 5.92 Å². The van der Waals surface area contributed by atoms with E-state index in [2.05, 4.69) is 32.1 Å². The van der Waals surface area contributed by atoms with Crippen LogP contribution in [0.25, 0.3) is 16.9 Å². The van der Waals surface area contributed by atoms with Crippen LogP contribution in [0.15, 0.2) is 42.9 Å². The average molecular weight is 348 g/mol. The Bertz CT molecular complexity index is 941. The number of aromatic nitrogens is 4. The van der Waals surface area contributed by atoms with E-state index in [0.29, 0.717) is 11.7 Å². The molecule has 1 saturated carbocycles. The summed E-state index contributed by atoms with van der Waals surface area (Å²) in [5.74, 6) is 2.20. The van der Waals surface area contributed by atoms with Crippen molar-refractivity contribution >= 4 is 17.5 Å². The number of anilines is 1. The number of hydrogen-bond donors (Lipinski definition) is 0. The number of carbonyl (C=O) groups excluding carboxylic acids is 1. The van der Waals surface area contributed by atoms with Gasteiger partial charge in [0.1, 0.15) is 12.1 Å².